The first-order valence-corrected chi connectivity index (χ1v) is 12.3. The van der Waals surface area contributed by atoms with E-state index in [9.17, 15) is 9.59 Å². The third-order valence-corrected chi connectivity index (χ3v) is 8.47. The lowest BCUT2D eigenvalue weighted by atomic mass is 9.53. The molecule has 4 fully saturated rings. The Morgan fingerprint density at radius 2 is 1.74 bits per heavy atom. The molecule has 6 nitrogen and oxygen atoms in total. The van der Waals surface area contributed by atoms with Crippen molar-refractivity contribution in [3.8, 4) is 5.69 Å². The van der Waals surface area contributed by atoms with Gasteiger partial charge in [-0.2, -0.15) is 5.10 Å². The fraction of sp³-hybridized carbons (Fsp3) is 0.542. The summed E-state index contributed by atoms with van der Waals surface area (Å²) in [6, 6.07) is 6.63. The van der Waals surface area contributed by atoms with Crippen LogP contribution in [0.4, 0.5) is 0 Å². The van der Waals surface area contributed by atoms with Crippen LogP contribution in [0.3, 0.4) is 0 Å². The molecule has 0 spiro atoms. The van der Waals surface area contributed by atoms with Crippen LogP contribution in [-0.4, -0.2) is 38.1 Å². The molecule has 0 saturated heterocycles. The molecular weight excluding hydrogens is 410 g/mol. The van der Waals surface area contributed by atoms with Gasteiger partial charge in [0.15, 0.2) is 0 Å². The molecule has 6 rings (SSSR count). The number of carboxylic acid groups (broad SMARTS) is 1. The van der Waals surface area contributed by atoms with E-state index in [1.54, 1.807) is 46.9 Å². The highest BCUT2D eigenvalue weighted by atomic mass is 32.2. The summed E-state index contributed by atoms with van der Waals surface area (Å²) in [5.41, 5.74) is 1.58. The molecule has 0 radical (unpaired) electrons. The molecule has 164 valence electrons. The van der Waals surface area contributed by atoms with Gasteiger partial charge in [0, 0.05) is 5.54 Å². The van der Waals surface area contributed by atoms with E-state index in [0.29, 0.717) is 5.56 Å². The monoisotopic (exact) mass is 439 g/mol. The maximum atomic E-state index is 13.4. The van der Waals surface area contributed by atoms with Crippen LogP contribution in [0.25, 0.3) is 5.69 Å². The number of rotatable bonds is 7. The number of carboxylic acids is 1. The Morgan fingerprint density at radius 3 is 2.29 bits per heavy atom. The molecule has 1 amide bonds. The summed E-state index contributed by atoms with van der Waals surface area (Å²) in [6.07, 6.45) is 10.0. The second kappa shape index (κ2) is 8.01. The molecule has 2 aromatic rings. The van der Waals surface area contributed by atoms with Crippen molar-refractivity contribution in [2.45, 2.75) is 62.4 Å². The van der Waals surface area contributed by atoms with Gasteiger partial charge in [-0.05, 0) is 92.7 Å². The predicted molar refractivity (Wildman–Crippen MR) is 120 cm³/mol. The van der Waals surface area contributed by atoms with Gasteiger partial charge in [-0.1, -0.05) is 6.92 Å². The molecule has 2 N–H and O–H groups in total. The molecule has 7 heteroatoms. The first-order valence-electron chi connectivity index (χ1n) is 11.3. The summed E-state index contributed by atoms with van der Waals surface area (Å²) in [7, 11) is 0. The molecule has 31 heavy (non-hydrogen) atoms. The fourth-order valence-corrected chi connectivity index (χ4v) is 7.30. The van der Waals surface area contributed by atoms with Crippen LogP contribution < -0.4 is 5.32 Å². The van der Waals surface area contributed by atoms with Gasteiger partial charge in [-0.15, -0.1) is 11.8 Å². The van der Waals surface area contributed by atoms with Crippen LogP contribution in [-0.2, 0) is 0 Å². The summed E-state index contributed by atoms with van der Waals surface area (Å²) in [5, 5.41) is 18.0. The van der Waals surface area contributed by atoms with Gasteiger partial charge in [-0.25, -0.2) is 9.48 Å². The lowest BCUT2D eigenvalue weighted by molar-refractivity contribution is -0.0167. The zero-order chi connectivity index (χ0) is 21.6. The van der Waals surface area contributed by atoms with Crippen LogP contribution in [0.2, 0.25) is 0 Å². The molecule has 4 aliphatic rings. The summed E-state index contributed by atoms with van der Waals surface area (Å²) >= 11 is 1.63. The zero-order valence-corrected chi connectivity index (χ0v) is 18.7. The van der Waals surface area contributed by atoms with Crippen LogP contribution in [0.1, 0.15) is 72.6 Å². The number of hydrogen-bond donors (Lipinski definition) is 2. The minimum Gasteiger partial charge on any atom is -0.478 e. The van der Waals surface area contributed by atoms with E-state index >= 15 is 0 Å². The largest absolute Gasteiger partial charge is 0.478 e. The van der Waals surface area contributed by atoms with E-state index in [2.05, 4.69) is 17.3 Å². The van der Waals surface area contributed by atoms with E-state index in [0.717, 1.165) is 59.9 Å². The van der Waals surface area contributed by atoms with Crippen LogP contribution in [0.5, 0.6) is 0 Å². The third-order valence-electron chi connectivity index (χ3n) is 7.19. The van der Waals surface area contributed by atoms with Crippen LogP contribution in [0, 0.1) is 17.8 Å². The van der Waals surface area contributed by atoms with Gasteiger partial charge in [0.1, 0.15) is 5.03 Å². The quantitative estimate of drug-likeness (QED) is 0.607. The number of nitrogens with zero attached hydrogens (tertiary/aromatic N) is 2. The number of carbonyl (C=O) groups is 2. The maximum Gasteiger partial charge on any atom is 0.335 e. The SMILES string of the molecule is CCCSc1c(C(=O)NC23CC4CC(CC(C4)C2)C3)cnn1-c1ccc(C(=O)O)cc1. The summed E-state index contributed by atoms with van der Waals surface area (Å²) in [4.78, 5) is 24.6. The highest BCUT2D eigenvalue weighted by Crippen LogP contribution is 2.55. The van der Waals surface area contributed by atoms with Gasteiger partial charge >= 0.3 is 5.97 Å². The van der Waals surface area contributed by atoms with E-state index in [-0.39, 0.29) is 17.0 Å². The standard InChI is InChI=1S/C24H29N3O3S/c1-2-7-31-22-20(14-25-27(22)19-5-3-18(4-6-19)23(29)30)21(28)26-24-11-15-8-16(12-24)10-17(9-15)13-24/h3-6,14-17H,2,7-13H2,1H3,(H,26,28)(H,29,30). The summed E-state index contributed by atoms with van der Waals surface area (Å²) < 4.78 is 1.76. The third kappa shape index (κ3) is 3.88. The highest BCUT2D eigenvalue weighted by Gasteiger charge is 2.51. The lowest BCUT2D eigenvalue weighted by Crippen LogP contribution is -2.59. The first kappa shape index (κ1) is 20.6. The maximum absolute atomic E-state index is 13.4. The molecule has 0 atom stereocenters. The van der Waals surface area contributed by atoms with Crippen molar-refractivity contribution in [1.29, 1.82) is 0 Å². The summed E-state index contributed by atoms with van der Waals surface area (Å²) in [6.45, 7) is 2.12. The van der Waals surface area contributed by atoms with Gasteiger partial charge in [-0.3, -0.25) is 4.79 Å². The second-order valence-electron chi connectivity index (χ2n) is 9.63. The highest BCUT2D eigenvalue weighted by molar-refractivity contribution is 7.99. The average molecular weight is 440 g/mol. The summed E-state index contributed by atoms with van der Waals surface area (Å²) in [5.74, 6) is 2.23. The number of nitrogens with one attached hydrogen (secondary N) is 1. The molecule has 1 aromatic heterocycles. The second-order valence-corrected chi connectivity index (χ2v) is 10.7. The fourth-order valence-electron chi connectivity index (χ4n) is 6.33. The van der Waals surface area contributed by atoms with Gasteiger partial charge in [0.2, 0.25) is 0 Å². The van der Waals surface area contributed by atoms with Crippen molar-refractivity contribution in [3.05, 3.63) is 41.6 Å². The molecule has 4 bridgehead atoms. The van der Waals surface area contributed by atoms with Gasteiger partial charge in [0.25, 0.3) is 5.91 Å². The normalized spacial score (nSPS) is 28.6. The average Bonchev–Trinajstić information content (AvgIpc) is 3.15. The Balaban J connectivity index is 1.42. The predicted octanol–water partition coefficient (Wildman–Crippen LogP) is 4.77. The molecule has 4 aliphatic carbocycles. The molecule has 1 heterocycles. The number of amides is 1. The van der Waals surface area contributed by atoms with Crippen molar-refractivity contribution in [2.75, 3.05) is 5.75 Å². The van der Waals surface area contributed by atoms with E-state index in [4.69, 9.17) is 5.11 Å². The number of aromatic nitrogens is 2. The Hall–Kier alpha value is -2.28. The molecule has 1 aromatic carbocycles. The Bertz CT molecular complexity index is 963. The molecule has 0 unspecified atom stereocenters. The lowest BCUT2D eigenvalue weighted by Gasteiger charge is -2.56. The Kier molecular flexibility index (Phi) is 5.32. The van der Waals surface area contributed by atoms with Crippen LogP contribution in [0.15, 0.2) is 35.5 Å². The molecular formula is C24H29N3O3S. The minimum absolute atomic E-state index is 0.0195. The minimum atomic E-state index is -0.955. The first-order chi connectivity index (χ1) is 15.0. The van der Waals surface area contributed by atoms with Gasteiger partial charge < -0.3 is 10.4 Å². The zero-order valence-electron chi connectivity index (χ0n) is 17.8. The number of benzene rings is 1. The smallest absolute Gasteiger partial charge is 0.335 e. The molecule has 4 saturated carbocycles. The van der Waals surface area contributed by atoms with Gasteiger partial charge in [0.05, 0.1) is 23.0 Å². The van der Waals surface area contributed by atoms with Crippen molar-refractivity contribution in [2.24, 2.45) is 17.8 Å². The number of hydrogen-bond acceptors (Lipinski definition) is 4. The Morgan fingerprint density at radius 1 is 1.13 bits per heavy atom. The topological polar surface area (TPSA) is 84.2 Å². The molecule has 0 aliphatic heterocycles. The number of carbonyl (C=O) groups excluding carboxylic acids is 1. The van der Waals surface area contributed by atoms with Crippen molar-refractivity contribution in [3.63, 3.8) is 0 Å². The van der Waals surface area contributed by atoms with E-state index < -0.39 is 5.97 Å². The van der Waals surface area contributed by atoms with Crippen molar-refractivity contribution < 1.29 is 14.7 Å². The van der Waals surface area contributed by atoms with Crippen molar-refractivity contribution in [1.82, 2.24) is 15.1 Å². The Labute approximate surface area is 186 Å². The van der Waals surface area contributed by atoms with Crippen molar-refractivity contribution >= 4 is 23.6 Å². The van der Waals surface area contributed by atoms with E-state index in [1.807, 2.05) is 0 Å². The van der Waals surface area contributed by atoms with Crippen LogP contribution >= 0.6 is 11.8 Å². The number of aromatic carboxylic acids is 1. The van der Waals surface area contributed by atoms with E-state index in [1.165, 1.54) is 19.3 Å². The number of thioether (sulfide) groups is 1.